The van der Waals surface area contributed by atoms with Crippen molar-refractivity contribution in [3.8, 4) is 0 Å². The van der Waals surface area contributed by atoms with Gasteiger partial charge >= 0.3 is 0 Å². The first-order chi connectivity index (χ1) is 11.4. The molecule has 0 aliphatic carbocycles. The third-order valence-corrected chi connectivity index (χ3v) is 4.93. The molecule has 7 heteroatoms. The second-order valence-corrected chi connectivity index (χ2v) is 6.76. The lowest BCUT2D eigenvalue weighted by molar-refractivity contribution is -0.385. The minimum Gasteiger partial charge on any atom is -0.336 e. The number of nitro groups is 1. The summed E-state index contributed by atoms with van der Waals surface area (Å²) in [6.45, 7) is 4.14. The molecule has 0 N–H and O–H groups in total. The van der Waals surface area contributed by atoms with Crippen LogP contribution in [0.4, 0.5) is 5.69 Å². The van der Waals surface area contributed by atoms with E-state index >= 15 is 0 Å². The number of rotatable bonds is 7. The number of benzene rings is 1. The van der Waals surface area contributed by atoms with Gasteiger partial charge < -0.3 is 4.90 Å². The SMILES string of the molecule is CCCCc1nc(C)c(C(=O)N(C)Cc2ccccc2[N+](=O)[O-])s1. The van der Waals surface area contributed by atoms with Crippen LogP contribution in [0.1, 0.15) is 45.7 Å². The van der Waals surface area contributed by atoms with E-state index in [4.69, 9.17) is 0 Å². The van der Waals surface area contributed by atoms with Gasteiger partial charge in [0.1, 0.15) is 4.88 Å². The molecule has 6 nitrogen and oxygen atoms in total. The molecule has 1 heterocycles. The number of nitrogens with zero attached hydrogens (tertiary/aromatic N) is 3. The van der Waals surface area contributed by atoms with Gasteiger partial charge in [-0.05, 0) is 19.8 Å². The van der Waals surface area contributed by atoms with Crippen molar-refractivity contribution in [2.24, 2.45) is 0 Å². The Kier molecular flexibility index (Phi) is 6.03. The van der Waals surface area contributed by atoms with E-state index in [1.54, 1.807) is 25.2 Å². The smallest absolute Gasteiger partial charge is 0.274 e. The molecule has 0 radical (unpaired) electrons. The zero-order valence-electron chi connectivity index (χ0n) is 14.1. The molecule has 2 rings (SSSR count). The van der Waals surface area contributed by atoms with Crippen LogP contribution in [0.15, 0.2) is 24.3 Å². The summed E-state index contributed by atoms with van der Waals surface area (Å²) in [5.74, 6) is -0.147. The number of para-hydroxylation sites is 1. The molecule has 0 bridgehead atoms. The molecule has 0 saturated carbocycles. The monoisotopic (exact) mass is 347 g/mol. The van der Waals surface area contributed by atoms with Gasteiger partial charge in [-0.25, -0.2) is 4.98 Å². The summed E-state index contributed by atoms with van der Waals surface area (Å²) in [5, 5.41) is 12.1. The minimum atomic E-state index is -0.422. The lowest BCUT2D eigenvalue weighted by Gasteiger charge is -2.16. The van der Waals surface area contributed by atoms with E-state index < -0.39 is 4.92 Å². The largest absolute Gasteiger partial charge is 0.336 e. The van der Waals surface area contributed by atoms with Crippen molar-refractivity contribution in [2.45, 2.75) is 39.7 Å². The standard InChI is InChI=1S/C17H21N3O3S/c1-4-5-10-15-18-12(2)16(24-15)17(21)19(3)11-13-8-6-7-9-14(13)20(22)23/h6-9H,4-5,10-11H2,1-3H3. The summed E-state index contributed by atoms with van der Waals surface area (Å²) in [6.07, 6.45) is 3.01. The fourth-order valence-corrected chi connectivity index (χ4v) is 3.51. The third-order valence-electron chi connectivity index (χ3n) is 3.72. The summed E-state index contributed by atoms with van der Waals surface area (Å²) in [5.41, 5.74) is 1.28. The Labute approximate surface area is 145 Å². The van der Waals surface area contributed by atoms with E-state index in [2.05, 4.69) is 11.9 Å². The van der Waals surface area contributed by atoms with Crippen LogP contribution >= 0.6 is 11.3 Å². The topological polar surface area (TPSA) is 76.3 Å². The number of hydrogen-bond donors (Lipinski definition) is 0. The Morgan fingerprint density at radius 3 is 2.75 bits per heavy atom. The average Bonchev–Trinajstić information content (AvgIpc) is 2.93. The van der Waals surface area contributed by atoms with Gasteiger partial charge in [0.05, 0.1) is 22.2 Å². The number of nitro benzene ring substituents is 1. The molecule has 0 fully saturated rings. The van der Waals surface area contributed by atoms with Crippen molar-refractivity contribution in [3.63, 3.8) is 0 Å². The van der Waals surface area contributed by atoms with Crippen LogP contribution in [0.3, 0.4) is 0 Å². The number of carbonyl (C=O) groups is 1. The fourth-order valence-electron chi connectivity index (χ4n) is 2.41. The van der Waals surface area contributed by atoms with E-state index in [1.807, 2.05) is 6.92 Å². The number of amides is 1. The van der Waals surface area contributed by atoms with E-state index in [0.717, 1.165) is 30.0 Å². The number of aryl methyl sites for hydroxylation is 2. The van der Waals surface area contributed by atoms with Gasteiger partial charge in [-0.2, -0.15) is 0 Å². The van der Waals surface area contributed by atoms with E-state index in [9.17, 15) is 14.9 Å². The van der Waals surface area contributed by atoms with Crippen LogP contribution in [0.5, 0.6) is 0 Å². The van der Waals surface area contributed by atoms with Crippen LogP contribution in [-0.2, 0) is 13.0 Å². The first kappa shape index (κ1) is 18.1. The quantitative estimate of drug-likeness (QED) is 0.561. The lowest BCUT2D eigenvalue weighted by Crippen LogP contribution is -2.26. The highest BCUT2D eigenvalue weighted by atomic mass is 32.1. The van der Waals surface area contributed by atoms with E-state index in [1.165, 1.54) is 22.3 Å². The summed E-state index contributed by atoms with van der Waals surface area (Å²) < 4.78 is 0. The van der Waals surface area contributed by atoms with Crippen LogP contribution in [-0.4, -0.2) is 27.8 Å². The van der Waals surface area contributed by atoms with Gasteiger partial charge in [0, 0.05) is 18.7 Å². The number of aromatic nitrogens is 1. The maximum absolute atomic E-state index is 12.7. The van der Waals surface area contributed by atoms with Crippen molar-refractivity contribution < 1.29 is 9.72 Å². The highest BCUT2D eigenvalue weighted by Crippen LogP contribution is 2.24. The van der Waals surface area contributed by atoms with Gasteiger partial charge in [-0.15, -0.1) is 11.3 Å². The fraction of sp³-hybridized carbons (Fsp3) is 0.412. The Morgan fingerprint density at radius 2 is 2.08 bits per heavy atom. The summed E-state index contributed by atoms with van der Waals surface area (Å²) in [7, 11) is 1.66. The molecule has 1 amide bonds. The first-order valence-corrected chi connectivity index (χ1v) is 8.69. The number of hydrogen-bond acceptors (Lipinski definition) is 5. The predicted molar refractivity (Wildman–Crippen MR) is 94.4 cm³/mol. The second-order valence-electron chi connectivity index (χ2n) is 5.67. The first-order valence-electron chi connectivity index (χ1n) is 7.88. The van der Waals surface area contributed by atoms with E-state index in [0.29, 0.717) is 10.4 Å². The van der Waals surface area contributed by atoms with Gasteiger partial charge in [-0.1, -0.05) is 31.5 Å². The molecule has 0 atom stereocenters. The molecule has 1 aromatic heterocycles. The van der Waals surface area contributed by atoms with Gasteiger partial charge in [-0.3, -0.25) is 14.9 Å². The summed E-state index contributed by atoms with van der Waals surface area (Å²) in [4.78, 5) is 29.9. The Hall–Kier alpha value is -2.28. The third kappa shape index (κ3) is 4.17. The minimum absolute atomic E-state index is 0.0295. The molecule has 0 saturated heterocycles. The number of unbranched alkanes of at least 4 members (excludes halogenated alkanes) is 1. The zero-order valence-corrected chi connectivity index (χ0v) is 14.9. The van der Waals surface area contributed by atoms with Gasteiger partial charge in [0.2, 0.25) is 0 Å². The average molecular weight is 347 g/mol. The van der Waals surface area contributed by atoms with Crippen molar-refractivity contribution >= 4 is 22.9 Å². The molecule has 0 spiro atoms. The molecule has 0 aliphatic heterocycles. The van der Waals surface area contributed by atoms with Crippen LogP contribution in [0.2, 0.25) is 0 Å². The molecular formula is C17H21N3O3S. The predicted octanol–water partition coefficient (Wildman–Crippen LogP) is 3.97. The Bertz CT molecular complexity index is 742. The van der Waals surface area contributed by atoms with Crippen molar-refractivity contribution in [3.05, 3.63) is 55.5 Å². The molecule has 0 aliphatic rings. The van der Waals surface area contributed by atoms with Crippen LogP contribution in [0.25, 0.3) is 0 Å². The van der Waals surface area contributed by atoms with Gasteiger partial charge in [0.25, 0.3) is 11.6 Å². The Balaban J connectivity index is 2.16. The lowest BCUT2D eigenvalue weighted by atomic mass is 10.1. The Morgan fingerprint density at radius 1 is 1.38 bits per heavy atom. The maximum atomic E-state index is 12.7. The number of carbonyl (C=O) groups excluding carboxylic acids is 1. The van der Waals surface area contributed by atoms with Gasteiger partial charge in [0.15, 0.2) is 0 Å². The molecule has 1 aromatic carbocycles. The summed E-state index contributed by atoms with van der Waals surface area (Å²) >= 11 is 1.42. The van der Waals surface area contributed by atoms with Crippen molar-refractivity contribution in [1.29, 1.82) is 0 Å². The van der Waals surface area contributed by atoms with Crippen molar-refractivity contribution in [2.75, 3.05) is 7.05 Å². The zero-order chi connectivity index (χ0) is 17.7. The van der Waals surface area contributed by atoms with Crippen LogP contribution < -0.4 is 0 Å². The summed E-state index contributed by atoms with van der Waals surface area (Å²) in [6, 6.07) is 6.49. The molecular weight excluding hydrogens is 326 g/mol. The number of thiazole rings is 1. The molecule has 24 heavy (non-hydrogen) atoms. The highest BCUT2D eigenvalue weighted by Gasteiger charge is 2.21. The highest BCUT2D eigenvalue weighted by molar-refractivity contribution is 7.13. The van der Waals surface area contributed by atoms with E-state index in [-0.39, 0.29) is 18.1 Å². The molecule has 0 unspecified atom stereocenters. The van der Waals surface area contributed by atoms with Crippen molar-refractivity contribution in [1.82, 2.24) is 9.88 Å². The second kappa shape index (κ2) is 8.01. The van der Waals surface area contributed by atoms with Crippen LogP contribution in [0, 0.1) is 17.0 Å². The molecule has 128 valence electrons. The molecule has 2 aromatic rings. The maximum Gasteiger partial charge on any atom is 0.274 e. The normalized spacial score (nSPS) is 10.6.